The van der Waals surface area contributed by atoms with E-state index >= 15 is 0 Å². The highest BCUT2D eigenvalue weighted by Gasteiger charge is 2.16. The normalized spacial score (nSPS) is 10.9. The zero-order valence-corrected chi connectivity index (χ0v) is 17.7. The van der Waals surface area contributed by atoms with Crippen molar-refractivity contribution in [1.82, 2.24) is 9.97 Å². The van der Waals surface area contributed by atoms with E-state index in [2.05, 4.69) is 10.3 Å². The second-order valence-corrected chi connectivity index (χ2v) is 8.15. The first kappa shape index (κ1) is 19.2. The molecular formula is C26H19N3OS. The van der Waals surface area contributed by atoms with Crippen molar-refractivity contribution in [1.29, 1.82) is 0 Å². The lowest BCUT2D eigenvalue weighted by Crippen LogP contribution is -2.13. The number of nitrogens with zero attached hydrogens (tertiary/aromatic N) is 2. The van der Waals surface area contributed by atoms with E-state index in [9.17, 15) is 4.79 Å². The van der Waals surface area contributed by atoms with Crippen LogP contribution in [0.25, 0.3) is 33.4 Å². The largest absolute Gasteiger partial charge is 0.298 e. The van der Waals surface area contributed by atoms with E-state index in [1.165, 1.54) is 16.9 Å². The summed E-state index contributed by atoms with van der Waals surface area (Å²) in [7, 11) is 0. The SMILES string of the molecule is Cc1ccc(-c2cc(C(=O)Nc3nc(-c4ccccc4)cs3)c3ccccc3n2)cc1. The Morgan fingerprint density at radius 1 is 0.806 bits per heavy atom. The summed E-state index contributed by atoms with van der Waals surface area (Å²) in [4.78, 5) is 22.6. The van der Waals surface area contributed by atoms with Crippen LogP contribution in [-0.4, -0.2) is 15.9 Å². The fraction of sp³-hybridized carbons (Fsp3) is 0.0385. The highest BCUT2D eigenvalue weighted by atomic mass is 32.1. The molecule has 5 aromatic rings. The number of aromatic nitrogens is 2. The second-order valence-electron chi connectivity index (χ2n) is 7.30. The monoisotopic (exact) mass is 421 g/mol. The number of thiazole rings is 1. The molecule has 0 saturated carbocycles. The topological polar surface area (TPSA) is 54.9 Å². The molecule has 4 nitrogen and oxygen atoms in total. The van der Waals surface area contributed by atoms with Gasteiger partial charge in [-0.15, -0.1) is 11.3 Å². The lowest BCUT2D eigenvalue weighted by molar-refractivity contribution is 0.102. The molecule has 5 heteroatoms. The number of hydrogen-bond acceptors (Lipinski definition) is 4. The Hall–Kier alpha value is -3.83. The first-order valence-electron chi connectivity index (χ1n) is 9.96. The number of benzene rings is 3. The molecule has 31 heavy (non-hydrogen) atoms. The summed E-state index contributed by atoms with van der Waals surface area (Å²) in [5, 5.41) is 6.31. The van der Waals surface area contributed by atoms with Gasteiger partial charge in [-0.3, -0.25) is 10.1 Å². The van der Waals surface area contributed by atoms with Gasteiger partial charge in [0.05, 0.1) is 22.5 Å². The van der Waals surface area contributed by atoms with E-state index in [0.29, 0.717) is 10.7 Å². The number of nitrogens with one attached hydrogen (secondary N) is 1. The second kappa shape index (κ2) is 8.13. The summed E-state index contributed by atoms with van der Waals surface area (Å²) >= 11 is 1.42. The van der Waals surface area contributed by atoms with Crippen LogP contribution in [-0.2, 0) is 0 Å². The molecule has 0 bridgehead atoms. The fourth-order valence-electron chi connectivity index (χ4n) is 3.47. The van der Waals surface area contributed by atoms with Gasteiger partial charge in [0.2, 0.25) is 0 Å². The van der Waals surface area contributed by atoms with Gasteiger partial charge in [-0.05, 0) is 19.1 Å². The van der Waals surface area contributed by atoms with Crippen LogP contribution < -0.4 is 5.32 Å². The van der Waals surface area contributed by atoms with Crippen molar-refractivity contribution in [3.05, 3.63) is 101 Å². The third kappa shape index (κ3) is 3.96. The quantitative estimate of drug-likeness (QED) is 0.356. The van der Waals surface area contributed by atoms with E-state index in [1.54, 1.807) is 0 Å². The molecule has 0 spiro atoms. The first-order valence-corrected chi connectivity index (χ1v) is 10.8. The third-order valence-corrected chi connectivity index (χ3v) is 5.86. The molecule has 0 aliphatic rings. The number of carbonyl (C=O) groups is 1. The van der Waals surface area contributed by atoms with Gasteiger partial charge in [0.15, 0.2) is 5.13 Å². The molecule has 1 amide bonds. The predicted octanol–water partition coefficient (Wildman–Crippen LogP) is 6.59. The Bertz CT molecular complexity index is 1380. The molecular weight excluding hydrogens is 402 g/mol. The van der Waals surface area contributed by atoms with Crippen LogP contribution in [0, 0.1) is 6.92 Å². The summed E-state index contributed by atoms with van der Waals surface area (Å²) in [6.45, 7) is 2.05. The van der Waals surface area contributed by atoms with Crippen LogP contribution in [0.1, 0.15) is 15.9 Å². The maximum atomic E-state index is 13.2. The molecule has 0 unspecified atom stereocenters. The van der Waals surface area contributed by atoms with E-state index in [0.717, 1.165) is 33.4 Å². The summed E-state index contributed by atoms with van der Waals surface area (Å²) in [5.41, 5.74) is 6.17. The minimum absolute atomic E-state index is 0.194. The van der Waals surface area contributed by atoms with Crippen LogP contribution >= 0.6 is 11.3 Å². The maximum absolute atomic E-state index is 13.2. The van der Waals surface area contributed by atoms with Crippen molar-refractivity contribution >= 4 is 33.3 Å². The Balaban J connectivity index is 1.51. The number of amides is 1. The zero-order valence-electron chi connectivity index (χ0n) is 16.9. The molecule has 2 heterocycles. The van der Waals surface area contributed by atoms with Crippen LogP contribution in [0.2, 0.25) is 0 Å². The number of aryl methyl sites for hydroxylation is 1. The lowest BCUT2D eigenvalue weighted by Gasteiger charge is -2.10. The molecule has 0 atom stereocenters. The van der Waals surface area contributed by atoms with Crippen molar-refractivity contribution in [3.8, 4) is 22.5 Å². The molecule has 0 aliphatic carbocycles. The Labute approximate surface area is 184 Å². The highest BCUT2D eigenvalue weighted by Crippen LogP contribution is 2.28. The van der Waals surface area contributed by atoms with E-state index in [4.69, 9.17) is 4.98 Å². The van der Waals surface area contributed by atoms with Crippen LogP contribution in [0.15, 0.2) is 90.3 Å². The van der Waals surface area contributed by atoms with Crippen molar-refractivity contribution in [3.63, 3.8) is 0 Å². The average molecular weight is 422 g/mol. The zero-order chi connectivity index (χ0) is 21.2. The van der Waals surface area contributed by atoms with Gasteiger partial charge < -0.3 is 0 Å². The number of fused-ring (bicyclic) bond motifs is 1. The number of carbonyl (C=O) groups excluding carboxylic acids is 1. The molecule has 150 valence electrons. The number of para-hydroxylation sites is 1. The van der Waals surface area contributed by atoms with Gasteiger partial charge in [0, 0.05) is 21.9 Å². The fourth-order valence-corrected chi connectivity index (χ4v) is 4.19. The highest BCUT2D eigenvalue weighted by molar-refractivity contribution is 7.14. The van der Waals surface area contributed by atoms with Crippen molar-refractivity contribution in [2.45, 2.75) is 6.92 Å². The van der Waals surface area contributed by atoms with Gasteiger partial charge in [-0.25, -0.2) is 9.97 Å². The minimum Gasteiger partial charge on any atom is -0.298 e. The van der Waals surface area contributed by atoms with Crippen molar-refractivity contribution < 1.29 is 4.79 Å². The first-order chi connectivity index (χ1) is 15.2. The molecule has 2 aromatic heterocycles. The van der Waals surface area contributed by atoms with E-state index < -0.39 is 0 Å². The number of pyridine rings is 1. The maximum Gasteiger partial charge on any atom is 0.258 e. The number of rotatable bonds is 4. The third-order valence-electron chi connectivity index (χ3n) is 5.10. The van der Waals surface area contributed by atoms with Gasteiger partial charge >= 0.3 is 0 Å². The van der Waals surface area contributed by atoms with Crippen LogP contribution in [0.5, 0.6) is 0 Å². The van der Waals surface area contributed by atoms with Crippen molar-refractivity contribution in [2.24, 2.45) is 0 Å². The Morgan fingerprint density at radius 2 is 1.52 bits per heavy atom. The summed E-state index contributed by atoms with van der Waals surface area (Å²) in [6, 6.07) is 27.6. The van der Waals surface area contributed by atoms with Gasteiger partial charge in [-0.1, -0.05) is 78.4 Å². The molecule has 0 aliphatic heterocycles. The molecule has 1 N–H and O–H groups in total. The van der Waals surface area contributed by atoms with Gasteiger partial charge in [0.25, 0.3) is 5.91 Å². The molecule has 5 rings (SSSR count). The Morgan fingerprint density at radius 3 is 2.32 bits per heavy atom. The van der Waals surface area contributed by atoms with Gasteiger partial charge in [0.1, 0.15) is 0 Å². The molecule has 0 saturated heterocycles. The number of hydrogen-bond donors (Lipinski definition) is 1. The van der Waals surface area contributed by atoms with E-state index in [-0.39, 0.29) is 5.91 Å². The molecule has 3 aromatic carbocycles. The minimum atomic E-state index is -0.194. The van der Waals surface area contributed by atoms with Crippen LogP contribution in [0.3, 0.4) is 0 Å². The smallest absolute Gasteiger partial charge is 0.258 e. The number of anilines is 1. The molecule has 0 fully saturated rings. The van der Waals surface area contributed by atoms with Gasteiger partial charge in [-0.2, -0.15) is 0 Å². The van der Waals surface area contributed by atoms with Crippen LogP contribution in [0.4, 0.5) is 5.13 Å². The summed E-state index contributed by atoms with van der Waals surface area (Å²) in [6.07, 6.45) is 0. The standard InChI is InChI=1S/C26H19N3OS/c1-17-11-13-19(14-12-17)23-15-21(20-9-5-6-10-22(20)27-23)25(30)29-26-28-24(16-31-26)18-7-3-2-4-8-18/h2-16H,1H3,(H,28,29,30). The Kier molecular flexibility index (Phi) is 5.02. The van der Waals surface area contributed by atoms with Crippen molar-refractivity contribution in [2.75, 3.05) is 5.32 Å². The molecule has 0 radical (unpaired) electrons. The summed E-state index contributed by atoms with van der Waals surface area (Å²) < 4.78 is 0. The summed E-state index contributed by atoms with van der Waals surface area (Å²) in [5.74, 6) is -0.194. The van der Waals surface area contributed by atoms with E-state index in [1.807, 2.05) is 97.2 Å². The lowest BCUT2D eigenvalue weighted by atomic mass is 10.0. The predicted molar refractivity (Wildman–Crippen MR) is 127 cm³/mol. The average Bonchev–Trinajstić information content (AvgIpc) is 3.28.